The summed E-state index contributed by atoms with van der Waals surface area (Å²) >= 11 is 0. The van der Waals surface area contributed by atoms with Gasteiger partial charge in [0.15, 0.2) is 5.84 Å². The zero-order chi connectivity index (χ0) is 15.1. The van der Waals surface area contributed by atoms with Crippen LogP contribution in [0.5, 0.6) is 5.75 Å². The Hall–Kier alpha value is -2.53. The lowest BCUT2D eigenvalue weighted by Crippen LogP contribution is -2.19. The van der Waals surface area contributed by atoms with Crippen molar-refractivity contribution in [1.29, 1.82) is 0 Å². The Bertz CT molecular complexity index is 626. The Morgan fingerprint density at radius 1 is 1.10 bits per heavy atom. The maximum Gasteiger partial charge on any atom is 0.170 e. The standard InChI is InChI=1S/C16H19N3O2/c1-21-15-9-5-3-7-13(15)11-18-10-12-6-2-4-8-14(12)16(17)19-20/h2-9,18,20H,10-11H2,1H3,(H2,17,19). The first-order chi connectivity index (χ1) is 10.3. The Labute approximate surface area is 124 Å². The average molecular weight is 285 g/mol. The van der Waals surface area contributed by atoms with Gasteiger partial charge < -0.3 is 21.0 Å². The molecule has 0 atom stereocenters. The van der Waals surface area contributed by atoms with Gasteiger partial charge in [0.05, 0.1) is 7.11 Å². The molecule has 110 valence electrons. The molecule has 0 saturated heterocycles. The van der Waals surface area contributed by atoms with Gasteiger partial charge in [-0.05, 0) is 11.6 Å². The molecular formula is C16H19N3O2. The normalized spacial score (nSPS) is 11.4. The van der Waals surface area contributed by atoms with Crippen molar-refractivity contribution < 1.29 is 9.94 Å². The first-order valence-electron chi connectivity index (χ1n) is 6.64. The predicted octanol–water partition coefficient (Wildman–Crippen LogP) is 2.08. The van der Waals surface area contributed by atoms with Crippen molar-refractivity contribution in [2.24, 2.45) is 10.9 Å². The Morgan fingerprint density at radius 2 is 1.71 bits per heavy atom. The van der Waals surface area contributed by atoms with Crippen LogP contribution in [0.15, 0.2) is 53.7 Å². The Balaban J connectivity index is 2.04. The zero-order valence-electron chi connectivity index (χ0n) is 11.9. The summed E-state index contributed by atoms with van der Waals surface area (Å²) < 4.78 is 5.32. The van der Waals surface area contributed by atoms with E-state index in [4.69, 9.17) is 15.7 Å². The molecule has 0 aliphatic carbocycles. The van der Waals surface area contributed by atoms with Gasteiger partial charge >= 0.3 is 0 Å². The van der Waals surface area contributed by atoms with Gasteiger partial charge in [-0.2, -0.15) is 0 Å². The van der Waals surface area contributed by atoms with Crippen LogP contribution in [0.4, 0.5) is 0 Å². The Morgan fingerprint density at radius 3 is 2.43 bits per heavy atom. The number of benzene rings is 2. The number of amidine groups is 1. The van der Waals surface area contributed by atoms with Gasteiger partial charge in [-0.1, -0.05) is 47.6 Å². The highest BCUT2D eigenvalue weighted by atomic mass is 16.5. The number of oxime groups is 1. The summed E-state index contributed by atoms with van der Waals surface area (Å²) in [6, 6.07) is 15.4. The minimum atomic E-state index is 0.115. The third kappa shape index (κ3) is 3.73. The average Bonchev–Trinajstić information content (AvgIpc) is 2.55. The second-order valence-electron chi connectivity index (χ2n) is 4.56. The molecule has 0 heterocycles. The van der Waals surface area contributed by atoms with Crippen LogP contribution in [0.25, 0.3) is 0 Å². The molecule has 0 saturated carbocycles. The van der Waals surface area contributed by atoms with E-state index in [2.05, 4.69) is 10.5 Å². The Kier molecular flexibility index (Phi) is 5.17. The monoisotopic (exact) mass is 285 g/mol. The number of methoxy groups -OCH3 is 1. The number of nitrogens with zero attached hydrogens (tertiary/aromatic N) is 1. The molecule has 5 heteroatoms. The molecule has 0 aromatic heterocycles. The third-order valence-corrected chi connectivity index (χ3v) is 3.22. The summed E-state index contributed by atoms with van der Waals surface area (Å²) in [5.41, 5.74) is 8.46. The highest BCUT2D eigenvalue weighted by molar-refractivity contribution is 5.98. The third-order valence-electron chi connectivity index (χ3n) is 3.22. The highest BCUT2D eigenvalue weighted by Crippen LogP contribution is 2.17. The van der Waals surface area contributed by atoms with Crippen LogP contribution in [0.3, 0.4) is 0 Å². The summed E-state index contributed by atoms with van der Waals surface area (Å²) in [5, 5.41) is 15.2. The fraction of sp³-hybridized carbons (Fsp3) is 0.188. The van der Waals surface area contributed by atoms with Gasteiger partial charge in [-0.15, -0.1) is 0 Å². The van der Waals surface area contributed by atoms with Crippen molar-refractivity contribution in [3.8, 4) is 5.75 Å². The molecule has 0 fully saturated rings. The van der Waals surface area contributed by atoms with Crippen molar-refractivity contribution in [2.75, 3.05) is 7.11 Å². The second kappa shape index (κ2) is 7.31. The largest absolute Gasteiger partial charge is 0.496 e. The molecule has 4 N–H and O–H groups in total. The first-order valence-corrected chi connectivity index (χ1v) is 6.64. The lowest BCUT2D eigenvalue weighted by molar-refractivity contribution is 0.318. The highest BCUT2D eigenvalue weighted by Gasteiger charge is 2.06. The number of hydrogen-bond acceptors (Lipinski definition) is 4. The number of nitrogens with two attached hydrogens (primary N) is 1. The number of ether oxygens (including phenoxy) is 1. The van der Waals surface area contributed by atoms with Gasteiger partial charge in [0.25, 0.3) is 0 Å². The maximum absolute atomic E-state index is 8.81. The van der Waals surface area contributed by atoms with Crippen LogP contribution in [0.2, 0.25) is 0 Å². The van der Waals surface area contributed by atoms with Gasteiger partial charge in [-0.3, -0.25) is 0 Å². The summed E-state index contributed by atoms with van der Waals surface area (Å²) in [6.07, 6.45) is 0. The predicted molar refractivity (Wildman–Crippen MR) is 82.5 cm³/mol. The van der Waals surface area contributed by atoms with Crippen molar-refractivity contribution in [1.82, 2.24) is 5.32 Å². The van der Waals surface area contributed by atoms with E-state index in [1.165, 1.54) is 0 Å². The molecule has 21 heavy (non-hydrogen) atoms. The summed E-state index contributed by atoms with van der Waals surface area (Å²) in [5.74, 6) is 0.972. The molecule has 5 nitrogen and oxygen atoms in total. The molecular weight excluding hydrogens is 266 g/mol. The lowest BCUT2D eigenvalue weighted by Gasteiger charge is -2.11. The van der Waals surface area contributed by atoms with E-state index in [9.17, 15) is 0 Å². The SMILES string of the molecule is COc1ccccc1CNCc1ccccc1C(N)=NO. The van der Waals surface area contributed by atoms with Gasteiger partial charge in [-0.25, -0.2) is 0 Å². The summed E-state index contributed by atoms with van der Waals surface area (Å²) in [4.78, 5) is 0. The van der Waals surface area contributed by atoms with E-state index >= 15 is 0 Å². The zero-order valence-corrected chi connectivity index (χ0v) is 11.9. The van der Waals surface area contributed by atoms with Crippen LogP contribution in [0.1, 0.15) is 16.7 Å². The van der Waals surface area contributed by atoms with Crippen molar-refractivity contribution in [3.05, 3.63) is 65.2 Å². The number of nitrogens with one attached hydrogen (secondary N) is 1. The molecule has 0 aliphatic rings. The van der Waals surface area contributed by atoms with Gasteiger partial charge in [0.1, 0.15) is 5.75 Å². The molecule has 0 spiro atoms. The number of hydrogen-bond donors (Lipinski definition) is 3. The van der Waals surface area contributed by atoms with Crippen molar-refractivity contribution in [3.63, 3.8) is 0 Å². The van der Waals surface area contributed by atoms with Crippen LogP contribution in [-0.2, 0) is 13.1 Å². The van der Waals surface area contributed by atoms with Crippen LogP contribution >= 0.6 is 0 Å². The van der Waals surface area contributed by atoms with E-state index < -0.39 is 0 Å². The number of rotatable bonds is 6. The molecule has 0 bridgehead atoms. The van der Waals surface area contributed by atoms with Crippen molar-refractivity contribution in [2.45, 2.75) is 13.1 Å². The van der Waals surface area contributed by atoms with E-state index in [0.29, 0.717) is 13.1 Å². The summed E-state index contributed by atoms with van der Waals surface area (Å²) in [6.45, 7) is 1.29. The van der Waals surface area contributed by atoms with Crippen LogP contribution < -0.4 is 15.8 Å². The van der Waals surface area contributed by atoms with E-state index in [1.807, 2.05) is 48.5 Å². The van der Waals surface area contributed by atoms with Crippen LogP contribution in [-0.4, -0.2) is 18.2 Å². The van der Waals surface area contributed by atoms with E-state index in [-0.39, 0.29) is 5.84 Å². The second-order valence-corrected chi connectivity index (χ2v) is 4.56. The van der Waals surface area contributed by atoms with Crippen LogP contribution in [0, 0.1) is 0 Å². The molecule has 2 aromatic rings. The molecule has 0 amide bonds. The number of para-hydroxylation sites is 1. The smallest absolute Gasteiger partial charge is 0.170 e. The molecule has 2 rings (SSSR count). The van der Waals surface area contributed by atoms with E-state index in [1.54, 1.807) is 7.11 Å². The maximum atomic E-state index is 8.81. The fourth-order valence-corrected chi connectivity index (χ4v) is 2.16. The van der Waals surface area contributed by atoms with E-state index in [0.717, 1.165) is 22.4 Å². The lowest BCUT2D eigenvalue weighted by atomic mass is 10.1. The molecule has 0 unspecified atom stereocenters. The minimum absolute atomic E-state index is 0.115. The van der Waals surface area contributed by atoms with Gasteiger partial charge in [0, 0.05) is 24.2 Å². The molecule has 0 radical (unpaired) electrons. The fourth-order valence-electron chi connectivity index (χ4n) is 2.16. The minimum Gasteiger partial charge on any atom is -0.496 e. The topological polar surface area (TPSA) is 79.9 Å². The molecule has 2 aromatic carbocycles. The summed E-state index contributed by atoms with van der Waals surface area (Å²) in [7, 11) is 1.66. The van der Waals surface area contributed by atoms with Crippen molar-refractivity contribution >= 4 is 5.84 Å². The molecule has 0 aliphatic heterocycles. The first kappa shape index (κ1) is 14.9. The quantitative estimate of drug-likeness (QED) is 0.328. The van der Waals surface area contributed by atoms with Gasteiger partial charge in [0.2, 0.25) is 0 Å².